The Hall–Kier alpha value is -3.51. The fourth-order valence-electron chi connectivity index (χ4n) is 4.37. The van der Waals surface area contributed by atoms with E-state index in [4.69, 9.17) is 20.9 Å². The molecule has 1 aromatic heterocycles. The van der Waals surface area contributed by atoms with Crippen LogP contribution in [0.4, 0.5) is 20.2 Å². The zero-order valence-corrected chi connectivity index (χ0v) is 21.7. The fourth-order valence-corrected chi connectivity index (χ4v) is 5.21. The Bertz CT molecular complexity index is 1480. The summed E-state index contributed by atoms with van der Waals surface area (Å²) in [5, 5.41) is -0.122. The van der Waals surface area contributed by atoms with Gasteiger partial charge in [-0.25, -0.2) is 13.6 Å². The molecule has 37 heavy (non-hydrogen) atoms. The van der Waals surface area contributed by atoms with Crippen LogP contribution >= 0.6 is 15.9 Å². The summed E-state index contributed by atoms with van der Waals surface area (Å²) in [6.45, 7) is 3.36. The third-order valence-corrected chi connectivity index (χ3v) is 6.83. The van der Waals surface area contributed by atoms with Gasteiger partial charge in [-0.2, -0.15) is 0 Å². The second kappa shape index (κ2) is 10.5. The first kappa shape index (κ1) is 26.6. The smallest absolute Gasteiger partial charge is 0.343 e. The van der Waals surface area contributed by atoms with Crippen LogP contribution in [-0.2, 0) is 20.9 Å². The molecule has 2 heterocycles. The number of anilines is 2. The Morgan fingerprint density at radius 2 is 1.92 bits per heavy atom. The van der Waals surface area contributed by atoms with E-state index in [0.29, 0.717) is 19.5 Å². The number of nitrogen functional groups attached to an aromatic ring is 1. The minimum Gasteiger partial charge on any atom is -0.462 e. The number of hydrogen-bond acceptors (Lipinski definition) is 8. The van der Waals surface area contributed by atoms with Gasteiger partial charge in [-0.1, -0.05) is 0 Å². The highest BCUT2D eigenvalue weighted by atomic mass is 79.9. The first-order valence-electron chi connectivity index (χ1n) is 11.5. The number of ether oxygens (including phenoxy) is 2. The molecule has 1 fully saturated rings. The third-order valence-electron chi connectivity index (χ3n) is 6.08. The second-order valence-corrected chi connectivity index (χ2v) is 9.45. The predicted molar refractivity (Wildman–Crippen MR) is 138 cm³/mol. The van der Waals surface area contributed by atoms with E-state index >= 15 is 4.39 Å². The SMILES string of the molecule is CCOC(=O)c1cn(-c2cc(N)c(F)cc2COC(C)=O)c2c(Br)c(N3CC[C@H](N)C3)c(F)cc2c1=O. The van der Waals surface area contributed by atoms with Gasteiger partial charge in [0.2, 0.25) is 5.43 Å². The molecule has 0 spiro atoms. The lowest BCUT2D eigenvalue weighted by molar-refractivity contribution is -0.142. The van der Waals surface area contributed by atoms with Crippen LogP contribution in [0, 0.1) is 11.6 Å². The van der Waals surface area contributed by atoms with Gasteiger partial charge in [0.25, 0.3) is 0 Å². The van der Waals surface area contributed by atoms with Gasteiger partial charge >= 0.3 is 11.9 Å². The first-order chi connectivity index (χ1) is 17.5. The Morgan fingerprint density at radius 1 is 1.19 bits per heavy atom. The topological polar surface area (TPSA) is 130 Å². The van der Waals surface area contributed by atoms with Crippen molar-refractivity contribution in [3.8, 4) is 5.69 Å². The number of carbonyl (C=O) groups excluding carboxylic acids is 2. The summed E-state index contributed by atoms with van der Waals surface area (Å²) in [4.78, 5) is 39.3. The minimum absolute atomic E-state index is 0.00369. The zero-order chi connectivity index (χ0) is 27.0. The summed E-state index contributed by atoms with van der Waals surface area (Å²) in [6.07, 6.45) is 1.88. The van der Waals surface area contributed by atoms with Crippen LogP contribution in [0.2, 0.25) is 0 Å². The van der Waals surface area contributed by atoms with Crippen LogP contribution in [-0.4, -0.2) is 42.2 Å². The summed E-state index contributed by atoms with van der Waals surface area (Å²) >= 11 is 3.47. The number of fused-ring (bicyclic) bond motifs is 1. The van der Waals surface area contributed by atoms with Gasteiger partial charge in [-0.15, -0.1) is 0 Å². The molecular weight excluding hydrogens is 554 g/mol. The molecule has 4 N–H and O–H groups in total. The monoisotopic (exact) mass is 578 g/mol. The van der Waals surface area contributed by atoms with Crippen molar-refractivity contribution >= 4 is 50.1 Å². The second-order valence-electron chi connectivity index (χ2n) is 8.66. The molecule has 0 unspecified atom stereocenters. The van der Waals surface area contributed by atoms with Crippen molar-refractivity contribution in [1.82, 2.24) is 4.57 Å². The highest BCUT2D eigenvalue weighted by Gasteiger charge is 2.28. The molecule has 0 amide bonds. The number of halogens is 3. The summed E-state index contributed by atoms with van der Waals surface area (Å²) in [6, 6.07) is 3.29. The lowest BCUT2D eigenvalue weighted by Gasteiger charge is -2.24. The average Bonchev–Trinajstić information content (AvgIpc) is 3.26. The standard InChI is InChI=1S/C25H25BrF2N4O5/c1-3-36-25(35)16-10-32(20-8-19(30)17(27)6-13(20)11-37-12(2)33)22-15(24(16)34)7-18(28)23(21(22)26)31-5-4-14(29)9-31/h6-8,10,14H,3-5,9,11,29-30H2,1-2H3/t14-/m0/s1. The van der Waals surface area contributed by atoms with Gasteiger partial charge in [0.1, 0.15) is 23.8 Å². The van der Waals surface area contributed by atoms with E-state index in [2.05, 4.69) is 15.9 Å². The van der Waals surface area contributed by atoms with Gasteiger partial charge in [-0.3, -0.25) is 9.59 Å². The van der Waals surface area contributed by atoms with E-state index in [-0.39, 0.29) is 62.8 Å². The van der Waals surface area contributed by atoms with Crippen molar-refractivity contribution in [3.05, 3.63) is 61.9 Å². The molecule has 1 saturated heterocycles. The van der Waals surface area contributed by atoms with E-state index < -0.39 is 29.0 Å². The van der Waals surface area contributed by atoms with Gasteiger partial charge in [0.15, 0.2) is 0 Å². The van der Waals surface area contributed by atoms with E-state index in [1.165, 1.54) is 23.8 Å². The van der Waals surface area contributed by atoms with Crippen LogP contribution in [0.15, 0.2) is 33.7 Å². The van der Waals surface area contributed by atoms with Gasteiger partial charge in [0, 0.05) is 37.8 Å². The molecule has 12 heteroatoms. The third kappa shape index (κ3) is 5.03. The number of pyridine rings is 1. The number of nitrogens with zero attached hydrogens (tertiary/aromatic N) is 2. The summed E-state index contributed by atoms with van der Waals surface area (Å²) in [5.41, 5.74) is 11.4. The molecule has 3 aromatic rings. The maximum Gasteiger partial charge on any atom is 0.343 e. The zero-order valence-electron chi connectivity index (χ0n) is 20.1. The fraction of sp³-hybridized carbons (Fsp3) is 0.320. The molecule has 1 aliphatic rings. The Balaban J connectivity index is 2.10. The Kier molecular flexibility index (Phi) is 7.51. The van der Waals surface area contributed by atoms with Crippen LogP contribution < -0.4 is 21.8 Å². The number of aromatic nitrogens is 1. The van der Waals surface area contributed by atoms with Crippen molar-refractivity contribution in [2.24, 2.45) is 5.73 Å². The number of esters is 2. The average molecular weight is 579 g/mol. The number of nitrogens with two attached hydrogens (primary N) is 2. The maximum atomic E-state index is 15.5. The van der Waals surface area contributed by atoms with Gasteiger partial charge in [-0.05, 0) is 47.5 Å². The predicted octanol–water partition coefficient (Wildman–Crippen LogP) is 3.39. The molecule has 2 aromatic carbocycles. The lowest BCUT2D eigenvalue weighted by atomic mass is 10.1. The van der Waals surface area contributed by atoms with Gasteiger partial charge < -0.3 is 30.4 Å². The molecule has 1 atom stereocenters. The quantitative estimate of drug-likeness (QED) is 0.336. The summed E-state index contributed by atoms with van der Waals surface area (Å²) in [5.74, 6) is -2.95. The van der Waals surface area contributed by atoms with Crippen molar-refractivity contribution in [3.63, 3.8) is 0 Å². The van der Waals surface area contributed by atoms with Crippen LogP contribution in [0.25, 0.3) is 16.6 Å². The summed E-state index contributed by atoms with van der Waals surface area (Å²) < 4.78 is 41.7. The summed E-state index contributed by atoms with van der Waals surface area (Å²) in [7, 11) is 0. The normalized spacial score (nSPS) is 15.3. The van der Waals surface area contributed by atoms with Crippen molar-refractivity contribution in [2.45, 2.75) is 32.9 Å². The van der Waals surface area contributed by atoms with Crippen LogP contribution in [0.5, 0.6) is 0 Å². The molecule has 0 saturated carbocycles. The van der Waals surface area contributed by atoms with Crippen LogP contribution in [0.1, 0.15) is 36.2 Å². The van der Waals surface area contributed by atoms with Crippen molar-refractivity contribution in [2.75, 3.05) is 30.3 Å². The van der Waals surface area contributed by atoms with E-state index in [0.717, 1.165) is 12.1 Å². The van der Waals surface area contributed by atoms with Crippen molar-refractivity contribution < 1.29 is 27.8 Å². The molecule has 1 aliphatic heterocycles. The number of rotatable bonds is 6. The minimum atomic E-state index is -0.911. The Labute approximate surface area is 219 Å². The maximum absolute atomic E-state index is 15.5. The lowest BCUT2D eigenvalue weighted by Crippen LogP contribution is -2.28. The van der Waals surface area contributed by atoms with E-state index in [1.54, 1.807) is 11.8 Å². The first-order valence-corrected chi connectivity index (χ1v) is 12.3. The molecule has 4 rings (SSSR count). The van der Waals surface area contributed by atoms with Crippen molar-refractivity contribution in [1.29, 1.82) is 0 Å². The largest absolute Gasteiger partial charge is 0.462 e. The highest BCUT2D eigenvalue weighted by Crippen LogP contribution is 2.39. The highest BCUT2D eigenvalue weighted by molar-refractivity contribution is 9.10. The molecule has 9 nitrogen and oxygen atoms in total. The van der Waals surface area contributed by atoms with Crippen LogP contribution in [0.3, 0.4) is 0 Å². The molecule has 0 bridgehead atoms. The van der Waals surface area contributed by atoms with E-state index in [1.807, 2.05) is 0 Å². The van der Waals surface area contributed by atoms with E-state index in [9.17, 15) is 18.8 Å². The Morgan fingerprint density at radius 3 is 2.54 bits per heavy atom. The molecule has 0 radical (unpaired) electrons. The molecular formula is C25H25BrF2N4O5. The number of benzene rings is 2. The van der Waals surface area contributed by atoms with Gasteiger partial charge in [0.05, 0.1) is 39.0 Å². The molecule has 0 aliphatic carbocycles. The number of carbonyl (C=O) groups is 2. The molecule has 196 valence electrons. The number of hydrogen-bond donors (Lipinski definition) is 2.